The summed E-state index contributed by atoms with van der Waals surface area (Å²) in [5.41, 5.74) is 1.48. The highest BCUT2D eigenvalue weighted by Gasteiger charge is 2.22. The maximum atomic E-state index is 3.61. The van der Waals surface area contributed by atoms with Gasteiger partial charge < -0.3 is 0 Å². The Morgan fingerprint density at radius 1 is 1.05 bits per heavy atom. The molecule has 1 aliphatic heterocycles. The van der Waals surface area contributed by atoms with E-state index in [9.17, 15) is 0 Å². The minimum absolute atomic E-state index is 0.752. The first-order valence-corrected chi connectivity index (χ1v) is 8.77. The molecule has 0 N–H and O–H groups in total. The predicted octanol–water partition coefficient (Wildman–Crippen LogP) is 4.98. The molecule has 20 heavy (non-hydrogen) atoms. The van der Waals surface area contributed by atoms with E-state index in [2.05, 4.69) is 63.3 Å². The van der Waals surface area contributed by atoms with Gasteiger partial charge in [-0.25, -0.2) is 0 Å². The van der Waals surface area contributed by atoms with Crippen LogP contribution in [0.25, 0.3) is 10.8 Å². The van der Waals surface area contributed by atoms with Crippen molar-refractivity contribution in [3.05, 3.63) is 48.0 Å². The molecule has 1 heterocycles. The summed E-state index contributed by atoms with van der Waals surface area (Å²) >= 11 is 3.61. The summed E-state index contributed by atoms with van der Waals surface area (Å²) in [5, 5.41) is 3.89. The van der Waals surface area contributed by atoms with Gasteiger partial charge in [0.1, 0.15) is 0 Å². The highest BCUT2D eigenvalue weighted by Crippen LogP contribution is 2.25. The Labute approximate surface area is 130 Å². The predicted molar refractivity (Wildman–Crippen MR) is 90.4 cm³/mol. The lowest BCUT2D eigenvalue weighted by Gasteiger charge is -2.35. The topological polar surface area (TPSA) is 3.24 Å². The van der Waals surface area contributed by atoms with Crippen LogP contribution in [0.3, 0.4) is 0 Å². The van der Waals surface area contributed by atoms with Crippen LogP contribution in [-0.4, -0.2) is 22.8 Å². The molecule has 0 saturated carbocycles. The molecule has 1 fully saturated rings. The number of hydrogen-bond acceptors (Lipinski definition) is 1. The minimum atomic E-state index is 0.752. The summed E-state index contributed by atoms with van der Waals surface area (Å²) < 4.78 is 0. The standard InChI is InChI=1S/C18H22BrN/c19-12-11-17-9-3-4-13-20(17)14-16-8-5-7-15-6-1-2-10-18(15)16/h1-2,5-8,10,17H,3-4,9,11-14H2. The first-order chi connectivity index (χ1) is 9.88. The van der Waals surface area contributed by atoms with Crippen molar-refractivity contribution in [3.8, 4) is 0 Å². The van der Waals surface area contributed by atoms with E-state index in [1.165, 1.54) is 48.6 Å². The Bertz CT molecular complexity index is 559. The monoisotopic (exact) mass is 331 g/mol. The average Bonchev–Trinajstić information content (AvgIpc) is 2.50. The van der Waals surface area contributed by atoms with E-state index in [0.29, 0.717) is 0 Å². The molecule has 1 saturated heterocycles. The molecule has 1 nitrogen and oxygen atoms in total. The van der Waals surface area contributed by atoms with E-state index in [1.54, 1.807) is 0 Å². The Morgan fingerprint density at radius 2 is 1.90 bits per heavy atom. The van der Waals surface area contributed by atoms with E-state index in [-0.39, 0.29) is 0 Å². The minimum Gasteiger partial charge on any atom is -0.296 e. The second kappa shape index (κ2) is 6.73. The van der Waals surface area contributed by atoms with Crippen molar-refractivity contribution in [3.63, 3.8) is 0 Å². The van der Waals surface area contributed by atoms with Gasteiger partial charge in [0.25, 0.3) is 0 Å². The van der Waals surface area contributed by atoms with Gasteiger partial charge >= 0.3 is 0 Å². The number of likely N-dealkylation sites (tertiary alicyclic amines) is 1. The summed E-state index contributed by atoms with van der Waals surface area (Å²) in [7, 11) is 0. The Kier molecular flexibility index (Phi) is 4.74. The van der Waals surface area contributed by atoms with Gasteiger partial charge in [0.15, 0.2) is 0 Å². The Balaban J connectivity index is 1.84. The second-order valence-corrected chi connectivity index (χ2v) is 6.53. The lowest BCUT2D eigenvalue weighted by atomic mass is 9.98. The maximum absolute atomic E-state index is 3.61. The van der Waals surface area contributed by atoms with E-state index in [1.807, 2.05) is 0 Å². The number of piperidine rings is 1. The maximum Gasteiger partial charge on any atom is 0.0242 e. The van der Waals surface area contributed by atoms with Gasteiger partial charge in [0.2, 0.25) is 0 Å². The normalized spacial score (nSPS) is 20.4. The van der Waals surface area contributed by atoms with Crippen molar-refractivity contribution < 1.29 is 0 Å². The molecule has 0 amide bonds. The number of nitrogens with zero attached hydrogens (tertiary/aromatic N) is 1. The van der Waals surface area contributed by atoms with Crippen LogP contribution in [0, 0.1) is 0 Å². The lowest BCUT2D eigenvalue weighted by Crippen LogP contribution is -2.39. The van der Waals surface area contributed by atoms with Gasteiger partial charge in [-0.15, -0.1) is 0 Å². The van der Waals surface area contributed by atoms with Gasteiger partial charge in [-0.1, -0.05) is 64.8 Å². The van der Waals surface area contributed by atoms with E-state index >= 15 is 0 Å². The molecule has 0 bridgehead atoms. The molecule has 106 valence electrons. The third-order valence-electron chi connectivity index (χ3n) is 4.44. The molecule has 0 spiro atoms. The number of rotatable bonds is 4. The highest BCUT2D eigenvalue weighted by molar-refractivity contribution is 9.09. The fourth-order valence-electron chi connectivity index (χ4n) is 3.37. The van der Waals surface area contributed by atoms with Crippen LogP contribution in [-0.2, 0) is 6.54 Å². The summed E-state index contributed by atoms with van der Waals surface area (Å²) in [6.45, 7) is 2.35. The lowest BCUT2D eigenvalue weighted by molar-refractivity contribution is 0.138. The van der Waals surface area contributed by atoms with Crippen LogP contribution in [0.1, 0.15) is 31.2 Å². The number of alkyl halides is 1. The summed E-state index contributed by atoms with van der Waals surface area (Å²) in [6.07, 6.45) is 5.37. The molecule has 1 aliphatic rings. The Hall–Kier alpha value is -0.860. The van der Waals surface area contributed by atoms with Crippen molar-refractivity contribution >= 4 is 26.7 Å². The smallest absolute Gasteiger partial charge is 0.0242 e. The summed E-state index contributed by atoms with van der Waals surface area (Å²) in [6, 6.07) is 16.2. The van der Waals surface area contributed by atoms with Crippen LogP contribution in [0.15, 0.2) is 42.5 Å². The molecule has 1 unspecified atom stereocenters. The van der Waals surface area contributed by atoms with Crippen LogP contribution >= 0.6 is 15.9 Å². The van der Waals surface area contributed by atoms with Gasteiger partial charge in [0, 0.05) is 17.9 Å². The van der Waals surface area contributed by atoms with Gasteiger partial charge in [-0.2, -0.15) is 0 Å². The first-order valence-electron chi connectivity index (χ1n) is 7.65. The van der Waals surface area contributed by atoms with Crippen LogP contribution < -0.4 is 0 Å². The zero-order valence-corrected chi connectivity index (χ0v) is 13.5. The number of fused-ring (bicyclic) bond motifs is 1. The first kappa shape index (κ1) is 14.1. The molecule has 1 atom stereocenters. The summed E-state index contributed by atoms with van der Waals surface area (Å²) in [5.74, 6) is 0. The summed E-state index contributed by atoms with van der Waals surface area (Å²) in [4.78, 5) is 2.69. The van der Waals surface area contributed by atoms with Crippen molar-refractivity contribution in [2.75, 3.05) is 11.9 Å². The van der Waals surface area contributed by atoms with Crippen molar-refractivity contribution in [2.24, 2.45) is 0 Å². The molecule has 2 aromatic carbocycles. The molecule has 3 rings (SSSR count). The molecule has 0 radical (unpaired) electrons. The quantitative estimate of drug-likeness (QED) is 0.714. The van der Waals surface area contributed by atoms with E-state index in [0.717, 1.165) is 17.9 Å². The molecule has 0 aliphatic carbocycles. The van der Waals surface area contributed by atoms with E-state index in [4.69, 9.17) is 0 Å². The SMILES string of the molecule is BrCCC1CCCCN1Cc1cccc2ccccc12. The third kappa shape index (κ3) is 3.07. The van der Waals surface area contributed by atoms with Gasteiger partial charge in [-0.05, 0) is 42.1 Å². The fourth-order valence-corrected chi connectivity index (χ4v) is 3.90. The average molecular weight is 332 g/mol. The Morgan fingerprint density at radius 3 is 2.80 bits per heavy atom. The molecular weight excluding hydrogens is 310 g/mol. The zero-order valence-electron chi connectivity index (χ0n) is 11.9. The number of halogens is 1. The van der Waals surface area contributed by atoms with Crippen LogP contribution in [0.5, 0.6) is 0 Å². The zero-order chi connectivity index (χ0) is 13.8. The molecule has 0 aromatic heterocycles. The van der Waals surface area contributed by atoms with Gasteiger partial charge in [0.05, 0.1) is 0 Å². The van der Waals surface area contributed by atoms with Crippen LogP contribution in [0.4, 0.5) is 0 Å². The molecule has 2 heteroatoms. The second-order valence-electron chi connectivity index (χ2n) is 5.74. The fraction of sp³-hybridized carbons (Fsp3) is 0.444. The third-order valence-corrected chi connectivity index (χ3v) is 4.90. The van der Waals surface area contributed by atoms with Crippen molar-refractivity contribution in [1.82, 2.24) is 4.90 Å². The molecule has 2 aromatic rings. The van der Waals surface area contributed by atoms with Gasteiger partial charge in [-0.3, -0.25) is 4.90 Å². The number of benzene rings is 2. The van der Waals surface area contributed by atoms with Crippen molar-refractivity contribution in [2.45, 2.75) is 38.3 Å². The van der Waals surface area contributed by atoms with Crippen molar-refractivity contribution in [1.29, 1.82) is 0 Å². The van der Waals surface area contributed by atoms with E-state index < -0.39 is 0 Å². The highest BCUT2D eigenvalue weighted by atomic mass is 79.9. The number of hydrogen-bond donors (Lipinski definition) is 0. The molecular formula is C18H22BrN. The largest absolute Gasteiger partial charge is 0.296 e. The van der Waals surface area contributed by atoms with Crippen LogP contribution in [0.2, 0.25) is 0 Å².